The van der Waals surface area contributed by atoms with Gasteiger partial charge < -0.3 is 9.53 Å². The van der Waals surface area contributed by atoms with Gasteiger partial charge in [-0.15, -0.1) is 0 Å². The second kappa shape index (κ2) is 6.32. The number of hydrogen-bond acceptors (Lipinski definition) is 3. The summed E-state index contributed by atoms with van der Waals surface area (Å²) < 4.78 is 6.01. The number of halogens is 1. The van der Waals surface area contributed by atoms with E-state index in [0.717, 1.165) is 16.5 Å². The van der Waals surface area contributed by atoms with E-state index in [2.05, 4.69) is 4.98 Å². The second-order valence-electron chi connectivity index (χ2n) is 6.17. The quantitative estimate of drug-likeness (QED) is 0.681. The molecule has 3 aromatic rings. The molecule has 0 saturated heterocycles. The number of hydrogen-bond donors (Lipinski definition) is 1. The van der Waals surface area contributed by atoms with Crippen molar-refractivity contribution in [2.45, 2.75) is 19.1 Å². The fourth-order valence-electron chi connectivity index (χ4n) is 2.47. The van der Waals surface area contributed by atoms with Gasteiger partial charge in [-0.2, -0.15) is 0 Å². The number of para-hydroxylation sites is 1. The predicted octanol–water partition coefficient (Wildman–Crippen LogP) is 4.96. The van der Waals surface area contributed by atoms with Gasteiger partial charge in [0.15, 0.2) is 8.32 Å². The van der Waals surface area contributed by atoms with E-state index in [0.29, 0.717) is 22.6 Å². The molecule has 0 fully saturated rings. The van der Waals surface area contributed by atoms with E-state index in [1.54, 1.807) is 6.20 Å². The van der Waals surface area contributed by atoms with Crippen LogP contribution in [0.1, 0.15) is 5.56 Å². The Bertz CT molecular complexity index is 846. The zero-order chi connectivity index (χ0) is 16.4. The Morgan fingerprint density at radius 1 is 1.13 bits per heavy atom. The van der Waals surface area contributed by atoms with Crippen LogP contribution in [-0.4, -0.2) is 18.1 Å². The molecule has 0 bridgehead atoms. The van der Waals surface area contributed by atoms with Crippen LogP contribution in [0, 0.1) is 0 Å². The van der Waals surface area contributed by atoms with Gasteiger partial charge >= 0.3 is 0 Å². The number of rotatable bonds is 4. The van der Waals surface area contributed by atoms with Crippen LogP contribution in [0.3, 0.4) is 0 Å². The second-order valence-corrected chi connectivity index (χ2v) is 10.6. The third kappa shape index (κ3) is 3.91. The lowest BCUT2D eigenvalue weighted by Gasteiger charge is -2.18. The van der Waals surface area contributed by atoms with Gasteiger partial charge in [0.1, 0.15) is 11.5 Å². The fraction of sp³-hybridized carbons (Fsp3) is 0.167. The molecule has 0 aliphatic rings. The van der Waals surface area contributed by atoms with Crippen molar-refractivity contribution in [1.29, 1.82) is 0 Å². The molecule has 0 atom stereocenters. The molecule has 0 radical (unpaired) electrons. The van der Waals surface area contributed by atoms with E-state index in [1.807, 2.05) is 61.6 Å². The monoisotopic (exact) mass is 343 g/mol. The highest BCUT2D eigenvalue weighted by Gasteiger charge is 2.22. The standard InChI is InChI=1S/C18H18ClNO2Si/c1-23(2,21)12-15-16(19)7-5-9-18(15)22-14-10-13-6-3-4-8-17(13)20-11-14/h3-11,21H,12H2,1-2H3. The largest absolute Gasteiger partial charge is 0.455 e. The number of fused-ring (bicyclic) bond motifs is 1. The molecular formula is C18H18ClNO2Si. The molecule has 0 aliphatic carbocycles. The summed E-state index contributed by atoms with van der Waals surface area (Å²) in [6.45, 7) is 3.77. The summed E-state index contributed by atoms with van der Waals surface area (Å²) in [6, 6.07) is 15.9. The van der Waals surface area contributed by atoms with Gasteiger partial charge in [0.2, 0.25) is 0 Å². The molecule has 0 saturated carbocycles. The van der Waals surface area contributed by atoms with Gasteiger partial charge in [-0.25, -0.2) is 0 Å². The molecule has 23 heavy (non-hydrogen) atoms. The summed E-state index contributed by atoms with van der Waals surface area (Å²) in [5, 5.41) is 1.64. The number of ether oxygens (including phenoxy) is 1. The molecule has 1 heterocycles. The van der Waals surface area contributed by atoms with Gasteiger partial charge in [0.05, 0.1) is 11.7 Å². The minimum Gasteiger partial charge on any atom is -0.455 e. The first kappa shape index (κ1) is 16.0. The average Bonchev–Trinajstić information content (AvgIpc) is 2.50. The zero-order valence-corrected chi connectivity index (χ0v) is 14.8. The van der Waals surface area contributed by atoms with Gasteiger partial charge in [-0.1, -0.05) is 35.9 Å². The lowest BCUT2D eigenvalue weighted by Crippen LogP contribution is -2.29. The summed E-state index contributed by atoms with van der Waals surface area (Å²) in [4.78, 5) is 14.6. The number of aromatic nitrogens is 1. The van der Waals surface area contributed by atoms with Crippen LogP contribution in [0.5, 0.6) is 11.5 Å². The van der Waals surface area contributed by atoms with Crippen molar-refractivity contribution in [1.82, 2.24) is 4.98 Å². The van der Waals surface area contributed by atoms with Gasteiger partial charge in [0.25, 0.3) is 0 Å². The lowest BCUT2D eigenvalue weighted by molar-refractivity contribution is 0.474. The molecule has 5 heteroatoms. The number of benzene rings is 2. The topological polar surface area (TPSA) is 42.4 Å². The highest BCUT2D eigenvalue weighted by atomic mass is 35.5. The molecule has 0 amide bonds. The van der Waals surface area contributed by atoms with Crippen LogP contribution in [0.4, 0.5) is 0 Å². The van der Waals surface area contributed by atoms with E-state index in [1.165, 1.54) is 0 Å². The Morgan fingerprint density at radius 3 is 2.70 bits per heavy atom. The minimum absolute atomic E-state index is 0.545. The van der Waals surface area contributed by atoms with Crippen molar-refractivity contribution in [2.24, 2.45) is 0 Å². The van der Waals surface area contributed by atoms with Crippen LogP contribution in [-0.2, 0) is 6.04 Å². The third-order valence-corrected chi connectivity index (χ3v) is 5.05. The van der Waals surface area contributed by atoms with Crippen LogP contribution >= 0.6 is 11.6 Å². The molecular weight excluding hydrogens is 326 g/mol. The molecule has 3 nitrogen and oxygen atoms in total. The SMILES string of the molecule is C[Si](C)(O)Cc1c(Cl)cccc1Oc1cnc2ccccc2c1. The molecule has 0 unspecified atom stereocenters. The van der Waals surface area contributed by atoms with Crippen molar-refractivity contribution < 1.29 is 9.53 Å². The fourth-order valence-corrected chi connectivity index (χ4v) is 4.05. The Kier molecular flexibility index (Phi) is 4.39. The van der Waals surface area contributed by atoms with Crippen molar-refractivity contribution >= 4 is 30.8 Å². The molecule has 3 rings (SSSR count). The van der Waals surface area contributed by atoms with Gasteiger partial charge in [-0.05, 0) is 43.4 Å². The number of nitrogens with zero attached hydrogens (tertiary/aromatic N) is 1. The molecule has 1 N–H and O–H groups in total. The lowest BCUT2D eigenvalue weighted by atomic mass is 10.2. The van der Waals surface area contributed by atoms with Crippen molar-refractivity contribution in [2.75, 3.05) is 0 Å². The predicted molar refractivity (Wildman–Crippen MR) is 96.7 cm³/mol. The minimum atomic E-state index is -2.30. The molecule has 118 valence electrons. The van der Waals surface area contributed by atoms with Crippen molar-refractivity contribution in [3.63, 3.8) is 0 Å². The Labute approximate surface area is 141 Å². The van der Waals surface area contributed by atoms with E-state index in [9.17, 15) is 4.80 Å². The maximum atomic E-state index is 10.2. The smallest absolute Gasteiger partial charge is 0.187 e. The summed E-state index contributed by atoms with van der Waals surface area (Å²) in [5.74, 6) is 1.33. The van der Waals surface area contributed by atoms with E-state index in [-0.39, 0.29) is 0 Å². The maximum Gasteiger partial charge on any atom is 0.187 e. The summed E-state index contributed by atoms with van der Waals surface area (Å²) in [5.41, 5.74) is 1.77. The molecule has 0 spiro atoms. The third-order valence-electron chi connectivity index (χ3n) is 3.48. The normalized spacial score (nSPS) is 11.7. The van der Waals surface area contributed by atoms with Gasteiger partial charge in [0, 0.05) is 16.0 Å². The van der Waals surface area contributed by atoms with Crippen LogP contribution < -0.4 is 4.74 Å². The Morgan fingerprint density at radius 2 is 1.91 bits per heavy atom. The molecule has 2 aromatic carbocycles. The Hall–Kier alpha value is -1.88. The van der Waals surface area contributed by atoms with Crippen LogP contribution in [0.15, 0.2) is 54.7 Å². The Balaban J connectivity index is 1.96. The van der Waals surface area contributed by atoms with E-state index in [4.69, 9.17) is 16.3 Å². The first-order valence-corrected chi connectivity index (χ1v) is 11.0. The highest BCUT2D eigenvalue weighted by molar-refractivity contribution is 6.69. The molecule has 1 aromatic heterocycles. The van der Waals surface area contributed by atoms with E-state index < -0.39 is 8.32 Å². The summed E-state index contributed by atoms with van der Waals surface area (Å²) >= 11 is 6.31. The van der Waals surface area contributed by atoms with Crippen LogP contribution in [0.2, 0.25) is 18.1 Å². The summed E-state index contributed by atoms with van der Waals surface area (Å²) in [7, 11) is -2.30. The van der Waals surface area contributed by atoms with Crippen molar-refractivity contribution in [3.05, 3.63) is 65.3 Å². The first-order valence-electron chi connectivity index (χ1n) is 7.45. The average molecular weight is 344 g/mol. The highest BCUT2D eigenvalue weighted by Crippen LogP contribution is 2.33. The molecule has 0 aliphatic heterocycles. The van der Waals surface area contributed by atoms with Crippen LogP contribution in [0.25, 0.3) is 10.9 Å². The first-order chi connectivity index (χ1) is 10.9. The maximum absolute atomic E-state index is 10.2. The van der Waals surface area contributed by atoms with Crippen molar-refractivity contribution in [3.8, 4) is 11.5 Å². The number of pyridine rings is 1. The van der Waals surface area contributed by atoms with Gasteiger partial charge in [-0.3, -0.25) is 4.98 Å². The summed E-state index contributed by atoms with van der Waals surface area (Å²) in [6.07, 6.45) is 1.70. The zero-order valence-electron chi connectivity index (χ0n) is 13.1. The van der Waals surface area contributed by atoms with E-state index >= 15 is 0 Å².